The summed E-state index contributed by atoms with van der Waals surface area (Å²) in [6, 6.07) is 5.10. The Morgan fingerprint density at radius 1 is 1.34 bits per heavy atom. The van der Waals surface area contributed by atoms with Gasteiger partial charge in [-0.25, -0.2) is 4.79 Å². The van der Waals surface area contributed by atoms with E-state index in [4.69, 9.17) is 15.2 Å². The van der Waals surface area contributed by atoms with E-state index in [9.17, 15) is 14.4 Å². The van der Waals surface area contributed by atoms with E-state index in [0.29, 0.717) is 47.2 Å². The third kappa shape index (κ3) is 2.88. The lowest BCUT2D eigenvalue weighted by atomic mass is 9.65. The highest BCUT2D eigenvalue weighted by atomic mass is 79.9. The molecule has 7 nitrogen and oxygen atoms in total. The molecule has 1 unspecified atom stereocenters. The number of Topliss-reactive ketones (excluding diaryl/α,β-unsaturated/α-hetero) is 1. The Morgan fingerprint density at radius 2 is 2.14 bits per heavy atom. The number of hydrogen-bond acceptors (Lipinski definition) is 6. The van der Waals surface area contributed by atoms with Crippen LogP contribution in [-0.4, -0.2) is 24.3 Å². The van der Waals surface area contributed by atoms with Crippen molar-refractivity contribution < 1.29 is 23.9 Å². The Morgan fingerprint density at radius 3 is 2.90 bits per heavy atom. The zero-order chi connectivity index (χ0) is 20.8. The van der Waals surface area contributed by atoms with Gasteiger partial charge in [-0.2, -0.15) is 0 Å². The number of amides is 1. The molecule has 0 saturated heterocycles. The molecule has 3 N–H and O–H groups in total. The molecule has 4 rings (SSSR count). The first kappa shape index (κ1) is 19.7. The monoisotopic (exact) mass is 460 g/mol. The van der Waals surface area contributed by atoms with Crippen LogP contribution in [0.5, 0.6) is 5.75 Å². The van der Waals surface area contributed by atoms with Gasteiger partial charge in [0.1, 0.15) is 16.7 Å². The van der Waals surface area contributed by atoms with Gasteiger partial charge in [0.25, 0.3) is 0 Å². The molecular formula is C21H21BrN2O5. The van der Waals surface area contributed by atoms with Crippen molar-refractivity contribution in [3.05, 3.63) is 51.0 Å². The molecule has 2 aliphatic heterocycles. The number of hydrogen-bond donors (Lipinski definition) is 2. The molecule has 3 aliphatic rings. The summed E-state index contributed by atoms with van der Waals surface area (Å²) in [7, 11) is 0. The number of fused-ring (bicyclic) bond motifs is 3. The Bertz CT molecular complexity index is 997. The van der Waals surface area contributed by atoms with Gasteiger partial charge in [0.05, 0.1) is 6.61 Å². The van der Waals surface area contributed by atoms with Crippen molar-refractivity contribution in [3.8, 4) is 5.75 Å². The number of carbonyl (C=O) groups excluding carboxylic acids is 3. The third-order valence-corrected chi connectivity index (χ3v) is 6.01. The van der Waals surface area contributed by atoms with Gasteiger partial charge >= 0.3 is 5.97 Å². The number of esters is 1. The number of nitrogens with one attached hydrogen (secondary N) is 1. The Hall–Kier alpha value is -2.61. The quantitative estimate of drug-likeness (QED) is 0.528. The molecule has 0 bridgehead atoms. The standard InChI is InChI=1S/C21H21BrN2O5/c1-2-3-9-28-19(26)17-18(23)29-15-8-7-11(22)10-12(15)21(17)16-13(24-20(21)27)5-4-6-14(16)25/h7-8,10H,2-6,9,23H2,1H3,(H,24,27). The number of unbranched alkanes of at least 4 members (excludes halogenated alkanes) is 1. The van der Waals surface area contributed by atoms with Crippen LogP contribution < -0.4 is 15.8 Å². The van der Waals surface area contributed by atoms with E-state index in [-0.39, 0.29) is 29.4 Å². The summed E-state index contributed by atoms with van der Waals surface area (Å²) in [5, 5.41) is 2.83. The minimum atomic E-state index is -1.67. The average Bonchev–Trinajstić information content (AvgIpc) is 2.96. The second-order valence-corrected chi connectivity index (χ2v) is 8.22. The Kier molecular flexibility index (Phi) is 4.98. The molecule has 0 radical (unpaired) electrons. The van der Waals surface area contributed by atoms with E-state index in [1.807, 2.05) is 6.92 Å². The highest BCUT2D eigenvalue weighted by Gasteiger charge is 2.61. The lowest BCUT2D eigenvalue weighted by Gasteiger charge is -2.37. The molecule has 1 aromatic rings. The number of ketones is 1. The van der Waals surface area contributed by atoms with Crippen molar-refractivity contribution >= 4 is 33.6 Å². The molecule has 0 saturated carbocycles. The number of carbonyl (C=O) groups is 3. The minimum absolute atomic E-state index is 0.128. The smallest absolute Gasteiger partial charge is 0.341 e. The van der Waals surface area contributed by atoms with Gasteiger partial charge in [-0.15, -0.1) is 0 Å². The second-order valence-electron chi connectivity index (χ2n) is 7.31. The maximum Gasteiger partial charge on any atom is 0.341 e. The van der Waals surface area contributed by atoms with Crippen molar-refractivity contribution in [1.29, 1.82) is 0 Å². The highest BCUT2D eigenvalue weighted by molar-refractivity contribution is 9.10. The van der Waals surface area contributed by atoms with Crippen molar-refractivity contribution in [1.82, 2.24) is 5.32 Å². The fraction of sp³-hybridized carbons (Fsp3) is 0.381. The normalized spacial score (nSPS) is 23.0. The van der Waals surface area contributed by atoms with Crippen LogP contribution in [0, 0.1) is 0 Å². The largest absolute Gasteiger partial charge is 0.462 e. The van der Waals surface area contributed by atoms with Crippen LogP contribution in [-0.2, 0) is 24.5 Å². The van der Waals surface area contributed by atoms with E-state index < -0.39 is 17.3 Å². The summed E-state index contributed by atoms with van der Waals surface area (Å²) in [4.78, 5) is 39.6. The summed E-state index contributed by atoms with van der Waals surface area (Å²) in [5.74, 6) is -1.29. The van der Waals surface area contributed by atoms with Crippen LogP contribution in [0.3, 0.4) is 0 Å². The predicted molar refractivity (Wildman–Crippen MR) is 108 cm³/mol. The molecule has 1 atom stereocenters. The molecule has 8 heteroatoms. The SMILES string of the molecule is CCCCOC(=O)C1=C(N)Oc2ccc(Br)cc2C12C(=O)NC1=C2C(=O)CCC1. The van der Waals surface area contributed by atoms with Gasteiger partial charge in [-0.1, -0.05) is 29.3 Å². The third-order valence-electron chi connectivity index (χ3n) is 5.51. The van der Waals surface area contributed by atoms with Crippen molar-refractivity contribution in [3.63, 3.8) is 0 Å². The lowest BCUT2D eigenvalue weighted by molar-refractivity contribution is -0.141. The topological polar surface area (TPSA) is 108 Å². The fourth-order valence-corrected chi connectivity index (χ4v) is 4.61. The van der Waals surface area contributed by atoms with Gasteiger partial charge in [0.15, 0.2) is 5.78 Å². The summed E-state index contributed by atoms with van der Waals surface area (Å²) in [5.41, 5.74) is 5.59. The molecule has 2 heterocycles. The second kappa shape index (κ2) is 7.33. The molecule has 0 aromatic heterocycles. The van der Waals surface area contributed by atoms with Crippen molar-refractivity contribution in [2.45, 2.75) is 44.4 Å². The molecule has 29 heavy (non-hydrogen) atoms. The maximum atomic E-state index is 13.5. The van der Waals surface area contributed by atoms with Gasteiger partial charge in [-0.05, 0) is 37.5 Å². The zero-order valence-electron chi connectivity index (χ0n) is 16.0. The molecular weight excluding hydrogens is 440 g/mol. The first-order valence-electron chi connectivity index (χ1n) is 9.64. The van der Waals surface area contributed by atoms with Crippen LogP contribution >= 0.6 is 15.9 Å². The molecule has 1 amide bonds. The number of benzene rings is 1. The molecule has 0 fully saturated rings. The first-order valence-corrected chi connectivity index (χ1v) is 10.4. The Labute approximate surface area is 176 Å². The molecule has 1 aromatic carbocycles. The molecule has 1 spiro atoms. The first-order chi connectivity index (χ1) is 13.9. The van der Waals surface area contributed by atoms with Crippen LogP contribution in [0.15, 0.2) is 45.4 Å². The number of rotatable bonds is 4. The van der Waals surface area contributed by atoms with Crippen LogP contribution in [0.25, 0.3) is 0 Å². The van der Waals surface area contributed by atoms with Crippen LogP contribution in [0.4, 0.5) is 0 Å². The molecule has 1 aliphatic carbocycles. The summed E-state index contributed by atoms with van der Waals surface area (Å²) < 4.78 is 11.8. The number of halogens is 1. The Balaban J connectivity index is 1.97. The van der Waals surface area contributed by atoms with Crippen molar-refractivity contribution in [2.24, 2.45) is 5.73 Å². The number of ether oxygens (including phenoxy) is 2. The van der Waals surface area contributed by atoms with E-state index in [0.717, 1.165) is 6.42 Å². The van der Waals surface area contributed by atoms with E-state index in [1.165, 1.54) is 0 Å². The van der Waals surface area contributed by atoms with Crippen LogP contribution in [0.1, 0.15) is 44.6 Å². The summed E-state index contributed by atoms with van der Waals surface area (Å²) in [6.45, 7) is 2.16. The number of allylic oxidation sites excluding steroid dienone is 1. The van der Waals surface area contributed by atoms with Gasteiger partial charge in [0, 0.05) is 27.7 Å². The lowest BCUT2D eigenvalue weighted by Crippen LogP contribution is -2.48. The number of nitrogens with two attached hydrogens (primary N) is 1. The van der Waals surface area contributed by atoms with Gasteiger partial charge in [0.2, 0.25) is 11.8 Å². The van der Waals surface area contributed by atoms with Gasteiger partial charge < -0.3 is 20.5 Å². The minimum Gasteiger partial charge on any atom is -0.462 e. The average molecular weight is 461 g/mol. The van der Waals surface area contributed by atoms with Gasteiger partial charge in [-0.3, -0.25) is 9.59 Å². The summed E-state index contributed by atoms with van der Waals surface area (Å²) >= 11 is 3.42. The van der Waals surface area contributed by atoms with Crippen LogP contribution in [0.2, 0.25) is 0 Å². The van der Waals surface area contributed by atoms with Crippen molar-refractivity contribution in [2.75, 3.05) is 6.61 Å². The highest BCUT2D eigenvalue weighted by Crippen LogP contribution is 2.53. The zero-order valence-corrected chi connectivity index (χ0v) is 17.6. The maximum absolute atomic E-state index is 13.5. The van der Waals surface area contributed by atoms with E-state index in [2.05, 4.69) is 21.2 Å². The van der Waals surface area contributed by atoms with E-state index >= 15 is 0 Å². The van der Waals surface area contributed by atoms with E-state index in [1.54, 1.807) is 18.2 Å². The summed E-state index contributed by atoms with van der Waals surface area (Å²) in [6.07, 6.45) is 3.02. The fourth-order valence-electron chi connectivity index (χ4n) is 4.25. The molecule has 152 valence electrons. The predicted octanol–water partition coefficient (Wildman–Crippen LogP) is 2.73.